The lowest BCUT2D eigenvalue weighted by molar-refractivity contribution is -0.144. The number of aromatic nitrogens is 1. The summed E-state index contributed by atoms with van der Waals surface area (Å²) in [5.41, 5.74) is 6.64. The van der Waals surface area contributed by atoms with Gasteiger partial charge in [-0.15, -0.1) is 0 Å². The monoisotopic (exact) mass is 196 g/mol. The van der Waals surface area contributed by atoms with Crippen molar-refractivity contribution in [3.05, 3.63) is 24.0 Å². The molecule has 0 radical (unpaired) electrons. The van der Waals surface area contributed by atoms with Gasteiger partial charge in [-0.1, -0.05) is 13.8 Å². The molecular weight excluding hydrogens is 180 g/mol. The van der Waals surface area contributed by atoms with Crippen LogP contribution in [0.5, 0.6) is 0 Å². The van der Waals surface area contributed by atoms with E-state index in [2.05, 4.69) is 4.98 Å². The van der Waals surface area contributed by atoms with Gasteiger partial charge in [0.25, 0.3) is 0 Å². The quantitative estimate of drug-likeness (QED) is 0.680. The molecule has 2 unspecified atom stereocenters. The molecule has 0 aliphatic carbocycles. The number of nitrogens with two attached hydrogens (primary N) is 1. The molecule has 0 saturated carbocycles. The predicted octanol–water partition coefficient (Wildman–Crippen LogP) is 1.37. The molecule has 0 aromatic carbocycles. The van der Waals surface area contributed by atoms with E-state index in [4.69, 9.17) is 10.8 Å². The highest BCUT2D eigenvalue weighted by Crippen LogP contribution is 2.25. The Bertz CT molecular complexity index is 293. The maximum atomic E-state index is 11.0. The molecule has 4 nitrogen and oxygen atoms in total. The minimum Gasteiger partial charge on any atom is -0.481 e. The second-order valence-electron chi connectivity index (χ2n) is 3.76. The largest absolute Gasteiger partial charge is 0.481 e. The highest BCUT2D eigenvalue weighted by atomic mass is 16.4. The fraction of sp³-hybridized carbons (Fsp3) is 0.500. The Labute approximate surface area is 83.1 Å². The summed E-state index contributed by atoms with van der Waals surface area (Å²) in [5.74, 6) is -1.37. The summed E-state index contributed by atoms with van der Waals surface area (Å²) in [6.45, 7) is 3.73. The molecule has 1 aromatic rings. The number of rotatable bonds is 4. The highest BCUT2D eigenvalue weighted by Gasteiger charge is 2.29. The summed E-state index contributed by atoms with van der Waals surface area (Å²) in [5, 5.41) is 9.02. The second-order valence-corrected chi connectivity index (χ2v) is 3.76. The first-order chi connectivity index (χ1) is 6.54. The lowest BCUT2D eigenvalue weighted by Gasteiger charge is -2.22. The normalized spacial score (nSPS) is 15.4. The third-order valence-electron chi connectivity index (χ3n) is 2.37. The van der Waals surface area contributed by atoms with Crippen LogP contribution >= 0.6 is 0 Å². The smallest absolute Gasteiger partial charge is 0.308 e. The fourth-order valence-corrected chi connectivity index (χ4v) is 1.60. The van der Waals surface area contributed by atoms with E-state index in [1.54, 1.807) is 6.20 Å². The summed E-state index contributed by atoms with van der Waals surface area (Å²) in [7, 11) is 0. The maximum Gasteiger partial charge on any atom is 0.308 e. The van der Waals surface area contributed by atoms with E-state index in [1.807, 2.05) is 26.0 Å². The molecule has 1 heterocycles. The molecule has 0 aliphatic heterocycles. The molecule has 0 spiro atoms. The molecule has 4 N–H and O–H groups in total. The van der Waals surface area contributed by atoms with Gasteiger partial charge in [0.2, 0.25) is 0 Å². The molecule has 0 saturated heterocycles. The van der Waals surface area contributed by atoms with Crippen LogP contribution in [0.1, 0.15) is 25.6 Å². The third-order valence-corrected chi connectivity index (χ3v) is 2.37. The summed E-state index contributed by atoms with van der Waals surface area (Å²) in [4.78, 5) is 13.9. The van der Waals surface area contributed by atoms with Crippen LogP contribution in [-0.2, 0) is 4.79 Å². The zero-order chi connectivity index (χ0) is 10.7. The lowest BCUT2D eigenvalue weighted by atomic mass is 9.87. The zero-order valence-corrected chi connectivity index (χ0v) is 8.40. The number of carbonyl (C=O) groups is 1. The van der Waals surface area contributed by atoms with Crippen LogP contribution in [0.3, 0.4) is 0 Å². The van der Waals surface area contributed by atoms with Gasteiger partial charge in [0, 0.05) is 11.9 Å². The van der Waals surface area contributed by atoms with E-state index in [-0.39, 0.29) is 5.92 Å². The maximum absolute atomic E-state index is 11.0. The van der Waals surface area contributed by atoms with Crippen molar-refractivity contribution in [3.8, 4) is 0 Å². The number of hydrogen-bond donors (Lipinski definition) is 3. The second kappa shape index (κ2) is 4.28. The molecule has 4 heteroatoms. The number of carboxylic acids is 1. The number of H-pyrrole nitrogens is 1. The summed E-state index contributed by atoms with van der Waals surface area (Å²) in [6, 6.07) is 3.15. The van der Waals surface area contributed by atoms with Gasteiger partial charge in [-0.2, -0.15) is 0 Å². The fourth-order valence-electron chi connectivity index (χ4n) is 1.60. The standard InChI is InChI=1S/C10H16N2O2/c1-6(2)8(10(13)14)9(11)7-4-3-5-12-7/h3-6,8-9,12H,11H2,1-2H3,(H,13,14). The number of carboxylic acid groups (broad SMARTS) is 1. The lowest BCUT2D eigenvalue weighted by Crippen LogP contribution is -2.32. The summed E-state index contributed by atoms with van der Waals surface area (Å²) in [6.07, 6.45) is 1.74. The number of hydrogen-bond acceptors (Lipinski definition) is 2. The number of aromatic amines is 1. The minimum absolute atomic E-state index is 0.0193. The zero-order valence-electron chi connectivity index (χ0n) is 8.40. The Balaban J connectivity index is 2.84. The Hall–Kier alpha value is -1.29. The van der Waals surface area contributed by atoms with Crippen molar-refractivity contribution in [1.29, 1.82) is 0 Å². The first kappa shape index (κ1) is 10.8. The molecule has 2 atom stereocenters. The topological polar surface area (TPSA) is 79.1 Å². The first-order valence-electron chi connectivity index (χ1n) is 4.65. The number of nitrogens with one attached hydrogen (secondary N) is 1. The molecule has 0 aliphatic rings. The van der Waals surface area contributed by atoms with Crippen molar-refractivity contribution in [1.82, 2.24) is 4.98 Å². The van der Waals surface area contributed by atoms with Gasteiger partial charge in [0.05, 0.1) is 12.0 Å². The molecule has 1 aromatic heterocycles. The SMILES string of the molecule is CC(C)C(C(=O)O)C(N)c1ccc[nH]1. The van der Waals surface area contributed by atoms with Crippen LogP contribution < -0.4 is 5.73 Å². The van der Waals surface area contributed by atoms with Crippen LogP contribution in [0.25, 0.3) is 0 Å². The predicted molar refractivity (Wildman–Crippen MR) is 53.7 cm³/mol. The van der Waals surface area contributed by atoms with Gasteiger partial charge in [-0.3, -0.25) is 4.79 Å². The molecule has 0 fully saturated rings. The molecule has 0 amide bonds. The average Bonchev–Trinajstić information content (AvgIpc) is 2.53. The van der Waals surface area contributed by atoms with Gasteiger partial charge in [-0.05, 0) is 18.1 Å². The summed E-state index contributed by atoms with van der Waals surface area (Å²) < 4.78 is 0. The van der Waals surface area contributed by atoms with E-state index in [9.17, 15) is 4.79 Å². The van der Waals surface area contributed by atoms with Crippen molar-refractivity contribution in [3.63, 3.8) is 0 Å². The minimum atomic E-state index is -0.845. The van der Waals surface area contributed by atoms with Crippen molar-refractivity contribution >= 4 is 5.97 Å². The van der Waals surface area contributed by atoms with E-state index >= 15 is 0 Å². The van der Waals surface area contributed by atoms with Gasteiger partial charge >= 0.3 is 5.97 Å². The Morgan fingerprint density at radius 2 is 2.21 bits per heavy atom. The average molecular weight is 196 g/mol. The van der Waals surface area contributed by atoms with E-state index in [0.29, 0.717) is 0 Å². The van der Waals surface area contributed by atoms with Gasteiger partial charge in [-0.25, -0.2) is 0 Å². The molecule has 14 heavy (non-hydrogen) atoms. The first-order valence-corrected chi connectivity index (χ1v) is 4.65. The van der Waals surface area contributed by atoms with E-state index in [0.717, 1.165) is 5.69 Å². The van der Waals surface area contributed by atoms with E-state index < -0.39 is 17.9 Å². The van der Waals surface area contributed by atoms with Gasteiger partial charge in [0.15, 0.2) is 0 Å². The summed E-state index contributed by atoms with van der Waals surface area (Å²) >= 11 is 0. The molecule has 78 valence electrons. The van der Waals surface area contributed by atoms with Crippen LogP contribution in [0.4, 0.5) is 0 Å². The number of aliphatic carboxylic acids is 1. The van der Waals surface area contributed by atoms with Crippen molar-refractivity contribution in [2.75, 3.05) is 0 Å². The van der Waals surface area contributed by atoms with Crippen LogP contribution in [0.15, 0.2) is 18.3 Å². The van der Waals surface area contributed by atoms with Crippen molar-refractivity contribution in [2.45, 2.75) is 19.9 Å². The van der Waals surface area contributed by atoms with Crippen LogP contribution in [0.2, 0.25) is 0 Å². The molecule has 1 rings (SSSR count). The highest BCUT2D eigenvalue weighted by molar-refractivity contribution is 5.71. The van der Waals surface area contributed by atoms with Gasteiger partial charge in [0.1, 0.15) is 0 Å². The third kappa shape index (κ3) is 2.14. The molecule has 0 bridgehead atoms. The van der Waals surface area contributed by atoms with Crippen molar-refractivity contribution < 1.29 is 9.90 Å². The Morgan fingerprint density at radius 3 is 2.57 bits per heavy atom. The molecular formula is C10H16N2O2. The van der Waals surface area contributed by atoms with Crippen LogP contribution in [0, 0.1) is 11.8 Å². The Kier molecular flexibility index (Phi) is 3.30. The van der Waals surface area contributed by atoms with Gasteiger partial charge < -0.3 is 15.8 Å². The van der Waals surface area contributed by atoms with Crippen molar-refractivity contribution in [2.24, 2.45) is 17.6 Å². The van der Waals surface area contributed by atoms with E-state index in [1.165, 1.54) is 0 Å². The Morgan fingerprint density at radius 1 is 1.57 bits per heavy atom. The van der Waals surface area contributed by atoms with Crippen LogP contribution in [-0.4, -0.2) is 16.1 Å².